The number of rotatable bonds is 2. The molecule has 0 radical (unpaired) electrons. The van der Waals surface area contributed by atoms with Crippen LogP contribution in [0.1, 0.15) is 54.3 Å². The van der Waals surface area contributed by atoms with Crippen molar-refractivity contribution in [1.29, 1.82) is 0 Å². The van der Waals surface area contributed by atoms with Crippen molar-refractivity contribution in [3.8, 4) is 0 Å². The van der Waals surface area contributed by atoms with Gasteiger partial charge in [-0.15, -0.1) is 11.3 Å². The first-order chi connectivity index (χ1) is 10.4. The van der Waals surface area contributed by atoms with Crippen LogP contribution in [0.3, 0.4) is 0 Å². The average Bonchev–Trinajstić information content (AvgIpc) is 2.93. The summed E-state index contributed by atoms with van der Waals surface area (Å²) in [6, 6.07) is 0. The van der Waals surface area contributed by atoms with E-state index in [0.29, 0.717) is 25.3 Å². The molecular weight excluding hydrogens is 306 g/mol. The lowest BCUT2D eigenvalue weighted by atomic mass is 9.85. The number of likely N-dealkylation sites (tertiary alicyclic amines) is 1. The minimum Gasteiger partial charge on any atom is -0.342 e. The summed E-state index contributed by atoms with van der Waals surface area (Å²) in [6.07, 6.45) is 4.26. The molecule has 1 aliphatic carbocycles. The predicted molar refractivity (Wildman–Crippen MR) is 82.3 cm³/mol. The lowest BCUT2D eigenvalue weighted by Crippen LogP contribution is -2.44. The van der Waals surface area contributed by atoms with Gasteiger partial charge in [0.25, 0.3) is 0 Å². The van der Waals surface area contributed by atoms with Crippen molar-refractivity contribution in [3.05, 3.63) is 16.1 Å². The van der Waals surface area contributed by atoms with E-state index in [-0.39, 0.29) is 24.7 Å². The monoisotopic (exact) mass is 328 g/mol. The van der Waals surface area contributed by atoms with Gasteiger partial charge in [-0.25, -0.2) is 13.8 Å². The average molecular weight is 328 g/mol. The van der Waals surface area contributed by atoms with Gasteiger partial charge in [-0.2, -0.15) is 0 Å². The largest absolute Gasteiger partial charge is 0.342 e. The van der Waals surface area contributed by atoms with Crippen molar-refractivity contribution >= 4 is 17.2 Å². The third-order valence-corrected chi connectivity index (χ3v) is 5.86. The van der Waals surface area contributed by atoms with Crippen LogP contribution in [0.5, 0.6) is 0 Å². The first-order valence-corrected chi connectivity index (χ1v) is 8.85. The molecule has 2 heterocycles. The molecule has 3 rings (SSSR count). The van der Waals surface area contributed by atoms with E-state index in [4.69, 9.17) is 0 Å². The normalized spacial score (nSPS) is 26.1. The molecule has 1 saturated carbocycles. The summed E-state index contributed by atoms with van der Waals surface area (Å²) in [5, 5.41) is 1.10. The van der Waals surface area contributed by atoms with Crippen molar-refractivity contribution in [3.63, 3.8) is 0 Å². The van der Waals surface area contributed by atoms with E-state index in [1.54, 1.807) is 11.3 Å². The molecule has 22 heavy (non-hydrogen) atoms. The molecule has 1 saturated heterocycles. The molecule has 1 amide bonds. The Morgan fingerprint density at radius 3 is 2.73 bits per heavy atom. The lowest BCUT2D eigenvalue weighted by Gasteiger charge is -2.36. The zero-order valence-corrected chi connectivity index (χ0v) is 13.7. The molecular formula is C16H22F2N2OS. The maximum Gasteiger partial charge on any atom is 0.248 e. The topological polar surface area (TPSA) is 33.2 Å². The number of hydrogen-bond acceptors (Lipinski definition) is 3. The second kappa shape index (κ2) is 6.22. The molecule has 3 nitrogen and oxygen atoms in total. The number of aromatic nitrogens is 1. The molecule has 1 aromatic heterocycles. The summed E-state index contributed by atoms with van der Waals surface area (Å²) in [4.78, 5) is 20.1. The maximum absolute atomic E-state index is 13.2. The van der Waals surface area contributed by atoms with E-state index in [0.717, 1.165) is 24.4 Å². The quantitative estimate of drug-likeness (QED) is 0.822. The highest BCUT2D eigenvalue weighted by molar-refractivity contribution is 7.11. The first kappa shape index (κ1) is 15.8. The highest BCUT2D eigenvalue weighted by atomic mass is 32.1. The number of nitrogens with zero attached hydrogens (tertiary/aromatic N) is 2. The van der Waals surface area contributed by atoms with Crippen LogP contribution in [0, 0.1) is 12.8 Å². The molecule has 1 aliphatic heterocycles. The van der Waals surface area contributed by atoms with E-state index in [9.17, 15) is 13.6 Å². The molecule has 0 bridgehead atoms. The van der Waals surface area contributed by atoms with Crippen LogP contribution < -0.4 is 0 Å². The SMILES string of the molecule is Cc1cnc([C@H]2CCCN(C(=O)C3CCC(F)(F)CC3)C2)s1. The molecule has 1 aromatic rings. The third kappa shape index (κ3) is 3.47. The standard InChI is InChI=1S/C16H22F2N2OS/c1-11-9-19-14(22-11)13-3-2-8-20(10-13)15(21)12-4-6-16(17,18)7-5-12/h9,12-13H,2-8,10H2,1H3/t13-/m0/s1. The zero-order valence-electron chi connectivity index (χ0n) is 12.9. The fourth-order valence-electron chi connectivity index (χ4n) is 3.49. The number of carbonyl (C=O) groups excluding carboxylic acids is 1. The number of piperidine rings is 1. The van der Waals surface area contributed by atoms with E-state index >= 15 is 0 Å². The minimum absolute atomic E-state index is 0.0773. The third-order valence-electron chi connectivity index (χ3n) is 4.79. The molecule has 0 unspecified atom stereocenters. The first-order valence-electron chi connectivity index (χ1n) is 8.03. The van der Waals surface area contributed by atoms with Crippen LogP contribution >= 0.6 is 11.3 Å². The van der Waals surface area contributed by atoms with Gasteiger partial charge < -0.3 is 4.90 Å². The number of hydrogen-bond donors (Lipinski definition) is 0. The van der Waals surface area contributed by atoms with Crippen molar-refractivity contribution in [2.75, 3.05) is 13.1 Å². The summed E-state index contributed by atoms with van der Waals surface area (Å²) in [6.45, 7) is 3.49. The van der Waals surface area contributed by atoms with Gasteiger partial charge in [-0.1, -0.05) is 0 Å². The highest BCUT2D eigenvalue weighted by Gasteiger charge is 2.39. The summed E-state index contributed by atoms with van der Waals surface area (Å²) < 4.78 is 26.5. The zero-order chi connectivity index (χ0) is 15.7. The van der Waals surface area contributed by atoms with Gasteiger partial charge in [-0.05, 0) is 32.6 Å². The molecule has 6 heteroatoms. The predicted octanol–water partition coefficient (Wildman–Crippen LogP) is 3.98. The van der Waals surface area contributed by atoms with Crippen LogP contribution in [0.25, 0.3) is 0 Å². The van der Waals surface area contributed by atoms with Crippen molar-refractivity contribution in [2.45, 2.75) is 57.3 Å². The van der Waals surface area contributed by atoms with Crippen LogP contribution in [0.2, 0.25) is 0 Å². The van der Waals surface area contributed by atoms with Crippen molar-refractivity contribution in [1.82, 2.24) is 9.88 Å². The van der Waals surface area contributed by atoms with Crippen LogP contribution in [0.4, 0.5) is 8.78 Å². The van der Waals surface area contributed by atoms with Crippen LogP contribution in [-0.2, 0) is 4.79 Å². The Morgan fingerprint density at radius 2 is 2.09 bits per heavy atom. The van der Waals surface area contributed by atoms with Gasteiger partial charge in [0.2, 0.25) is 11.8 Å². The fraction of sp³-hybridized carbons (Fsp3) is 0.750. The summed E-state index contributed by atoms with van der Waals surface area (Å²) in [5.74, 6) is -2.40. The van der Waals surface area contributed by atoms with E-state index in [1.807, 2.05) is 18.0 Å². The van der Waals surface area contributed by atoms with E-state index in [2.05, 4.69) is 4.98 Å². The lowest BCUT2D eigenvalue weighted by molar-refractivity contribution is -0.140. The molecule has 0 aromatic carbocycles. The Hall–Kier alpha value is -1.04. The number of alkyl halides is 2. The molecule has 2 aliphatic rings. The number of carbonyl (C=O) groups is 1. The molecule has 2 fully saturated rings. The molecule has 1 atom stereocenters. The van der Waals surface area contributed by atoms with Gasteiger partial charge >= 0.3 is 0 Å². The number of halogens is 2. The molecule has 0 N–H and O–H groups in total. The van der Waals surface area contributed by atoms with Crippen molar-refractivity contribution < 1.29 is 13.6 Å². The van der Waals surface area contributed by atoms with Gasteiger partial charge in [0.1, 0.15) is 0 Å². The second-order valence-corrected chi connectivity index (χ2v) is 7.83. The molecule has 122 valence electrons. The fourth-order valence-corrected chi connectivity index (χ4v) is 4.38. The van der Waals surface area contributed by atoms with Crippen molar-refractivity contribution in [2.24, 2.45) is 5.92 Å². The van der Waals surface area contributed by atoms with Gasteiger partial charge in [0.05, 0.1) is 5.01 Å². The Morgan fingerprint density at radius 1 is 1.36 bits per heavy atom. The van der Waals surface area contributed by atoms with Gasteiger partial charge in [0.15, 0.2) is 0 Å². The number of thiazole rings is 1. The van der Waals surface area contributed by atoms with Gasteiger partial charge in [-0.3, -0.25) is 4.79 Å². The Kier molecular flexibility index (Phi) is 4.48. The van der Waals surface area contributed by atoms with Crippen LogP contribution in [-0.4, -0.2) is 34.8 Å². The second-order valence-electron chi connectivity index (χ2n) is 6.56. The number of aryl methyl sites for hydroxylation is 1. The Labute approximate surface area is 133 Å². The Bertz CT molecular complexity index is 536. The Balaban J connectivity index is 1.61. The summed E-state index contributed by atoms with van der Waals surface area (Å²) >= 11 is 1.70. The minimum atomic E-state index is -2.57. The highest BCUT2D eigenvalue weighted by Crippen LogP contribution is 2.38. The smallest absolute Gasteiger partial charge is 0.248 e. The van der Waals surface area contributed by atoms with Gasteiger partial charge in [0, 0.05) is 48.8 Å². The van der Waals surface area contributed by atoms with E-state index < -0.39 is 5.92 Å². The molecule has 0 spiro atoms. The van der Waals surface area contributed by atoms with E-state index in [1.165, 1.54) is 4.88 Å². The number of amides is 1. The maximum atomic E-state index is 13.2. The van der Waals surface area contributed by atoms with Crippen LogP contribution in [0.15, 0.2) is 6.20 Å². The summed E-state index contributed by atoms with van der Waals surface area (Å²) in [7, 11) is 0. The summed E-state index contributed by atoms with van der Waals surface area (Å²) in [5.41, 5.74) is 0.